The molecule has 96 valence electrons. The molecule has 2 heterocycles. The molecule has 0 spiro atoms. The zero-order valence-electron chi connectivity index (χ0n) is 9.97. The topological polar surface area (TPSA) is 78.8 Å². The first-order chi connectivity index (χ1) is 7.29. The highest BCUT2D eigenvalue weighted by Crippen LogP contribution is 2.24. The Labute approximate surface area is 102 Å². The van der Waals surface area contributed by atoms with Gasteiger partial charge in [0.25, 0.3) is 6.47 Å². The summed E-state index contributed by atoms with van der Waals surface area (Å²) in [6, 6.07) is 0. The van der Waals surface area contributed by atoms with E-state index in [-0.39, 0.29) is 12.6 Å². The molecule has 2 saturated heterocycles. The third-order valence-electron chi connectivity index (χ3n) is 2.88. The maximum atomic E-state index is 8.36. The lowest BCUT2D eigenvalue weighted by Gasteiger charge is -2.35. The summed E-state index contributed by atoms with van der Waals surface area (Å²) in [6.07, 6.45) is 5.01. The van der Waals surface area contributed by atoms with Crippen LogP contribution in [0.5, 0.6) is 0 Å². The van der Waals surface area contributed by atoms with Gasteiger partial charge >= 0.3 is 0 Å². The highest BCUT2D eigenvalue weighted by molar-refractivity contribution is 7.99. The summed E-state index contributed by atoms with van der Waals surface area (Å²) in [6.45, 7) is 2.41. The van der Waals surface area contributed by atoms with Crippen molar-refractivity contribution in [3.63, 3.8) is 0 Å². The van der Waals surface area contributed by atoms with Gasteiger partial charge in [0.15, 0.2) is 0 Å². The minimum Gasteiger partial charge on any atom is -0.483 e. The minimum absolute atomic E-state index is 0. The minimum atomic E-state index is -0.250. The Hall–Kier alpha value is -0.300. The number of carboxylic acid groups (broad SMARTS) is 1. The van der Waals surface area contributed by atoms with Gasteiger partial charge in [0.1, 0.15) is 0 Å². The van der Waals surface area contributed by atoms with Crippen molar-refractivity contribution in [2.75, 3.05) is 31.8 Å². The lowest BCUT2D eigenvalue weighted by atomic mass is 10.1. The number of rotatable bonds is 1. The first kappa shape index (κ1) is 15.7. The van der Waals surface area contributed by atoms with Crippen molar-refractivity contribution < 1.29 is 9.90 Å². The van der Waals surface area contributed by atoms with Gasteiger partial charge < -0.3 is 11.3 Å². The number of hydrogen-bond donors (Lipinski definition) is 2. The molecule has 1 atom stereocenters. The SMILES string of the molecule is CN1CSCC1N1CCCCC1.N.O=CO. The lowest BCUT2D eigenvalue weighted by Crippen LogP contribution is -2.46. The fourth-order valence-electron chi connectivity index (χ4n) is 2.12. The molecule has 0 saturated carbocycles. The summed E-state index contributed by atoms with van der Waals surface area (Å²) in [5.74, 6) is 2.54. The maximum absolute atomic E-state index is 8.36. The van der Waals surface area contributed by atoms with Crippen molar-refractivity contribution in [2.24, 2.45) is 0 Å². The molecule has 0 aromatic rings. The summed E-state index contributed by atoms with van der Waals surface area (Å²) in [5, 5.41) is 6.89. The third kappa shape index (κ3) is 4.69. The van der Waals surface area contributed by atoms with E-state index in [0.29, 0.717) is 0 Å². The second-order valence-corrected chi connectivity index (χ2v) is 4.94. The van der Waals surface area contributed by atoms with Crippen molar-refractivity contribution in [1.29, 1.82) is 0 Å². The Balaban J connectivity index is 0.000000511. The molecule has 4 N–H and O–H groups in total. The van der Waals surface area contributed by atoms with Gasteiger partial charge in [0, 0.05) is 11.6 Å². The van der Waals surface area contributed by atoms with Crippen LogP contribution >= 0.6 is 11.8 Å². The number of carbonyl (C=O) groups is 1. The van der Waals surface area contributed by atoms with Gasteiger partial charge in [-0.25, -0.2) is 0 Å². The van der Waals surface area contributed by atoms with Crippen LogP contribution in [-0.2, 0) is 4.79 Å². The van der Waals surface area contributed by atoms with Crippen LogP contribution in [-0.4, -0.2) is 59.3 Å². The first-order valence-electron chi connectivity index (χ1n) is 5.39. The highest BCUT2D eigenvalue weighted by atomic mass is 32.2. The Morgan fingerprint density at radius 3 is 2.31 bits per heavy atom. The molecule has 16 heavy (non-hydrogen) atoms. The third-order valence-corrected chi connectivity index (χ3v) is 4.01. The van der Waals surface area contributed by atoms with Crippen molar-refractivity contribution in [3.05, 3.63) is 0 Å². The molecule has 0 radical (unpaired) electrons. The summed E-state index contributed by atoms with van der Waals surface area (Å²) < 4.78 is 0. The van der Waals surface area contributed by atoms with E-state index < -0.39 is 0 Å². The molecular formula is C10H23N3O2S. The van der Waals surface area contributed by atoms with Crippen LogP contribution in [0.3, 0.4) is 0 Å². The van der Waals surface area contributed by atoms with E-state index >= 15 is 0 Å². The number of nitrogens with zero attached hydrogens (tertiary/aromatic N) is 2. The predicted octanol–water partition coefficient (Wildman–Crippen LogP) is 1.30. The van der Waals surface area contributed by atoms with Crippen LogP contribution < -0.4 is 6.15 Å². The molecule has 0 bridgehead atoms. The number of likely N-dealkylation sites (tertiary alicyclic amines) is 1. The van der Waals surface area contributed by atoms with Crippen molar-refractivity contribution in [1.82, 2.24) is 16.0 Å². The fourth-order valence-corrected chi connectivity index (χ4v) is 3.36. The molecule has 0 amide bonds. The van der Waals surface area contributed by atoms with Gasteiger partial charge in [-0.2, -0.15) is 0 Å². The van der Waals surface area contributed by atoms with Crippen LogP contribution in [0, 0.1) is 0 Å². The molecule has 1 unspecified atom stereocenters. The second kappa shape index (κ2) is 8.81. The van der Waals surface area contributed by atoms with Crippen molar-refractivity contribution in [3.8, 4) is 0 Å². The van der Waals surface area contributed by atoms with Crippen LogP contribution in [0.1, 0.15) is 19.3 Å². The van der Waals surface area contributed by atoms with Gasteiger partial charge in [-0.1, -0.05) is 6.42 Å². The smallest absolute Gasteiger partial charge is 0.290 e. The fraction of sp³-hybridized carbons (Fsp3) is 0.900. The monoisotopic (exact) mass is 249 g/mol. The van der Waals surface area contributed by atoms with E-state index in [2.05, 4.69) is 28.6 Å². The van der Waals surface area contributed by atoms with Gasteiger partial charge in [-0.15, -0.1) is 11.8 Å². The molecule has 0 aromatic heterocycles. The quantitative estimate of drug-likeness (QED) is 0.682. The molecule has 5 nitrogen and oxygen atoms in total. The standard InChI is InChI=1S/C9H18N2S.CH2O2.H3N/c1-10-8-12-7-9(10)11-5-3-2-4-6-11;2-1-3;/h9H,2-8H2,1H3;1H,(H,2,3);1H3. The Morgan fingerprint density at radius 2 is 1.88 bits per heavy atom. The number of piperidine rings is 1. The molecule has 2 rings (SSSR count). The lowest BCUT2D eigenvalue weighted by molar-refractivity contribution is -0.122. The van der Waals surface area contributed by atoms with Gasteiger partial charge in [-0.3, -0.25) is 14.6 Å². The van der Waals surface area contributed by atoms with E-state index in [1.807, 2.05) is 0 Å². The second-order valence-electron chi connectivity index (χ2n) is 3.94. The molecule has 2 aliphatic rings. The molecular weight excluding hydrogens is 226 g/mol. The summed E-state index contributed by atoms with van der Waals surface area (Å²) in [4.78, 5) is 13.5. The molecule has 0 aromatic carbocycles. The zero-order valence-corrected chi connectivity index (χ0v) is 10.8. The van der Waals surface area contributed by atoms with Gasteiger partial charge in [-0.05, 0) is 33.0 Å². The normalized spacial score (nSPS) is 26.4. The van der Waals surface area contributed by atoms with E-state index in [1.165, 1.54) is 44.0 Å². The average Bonchev–Trinajstić information content (AvgIpc) is 2.67. The van der Waals surface area contributed by atoms with Gasteiger partial charge in [0.05, 0.1) is 6.17 Å². The molecule has 2 fully saturated rings. The van der Waals surface area contributed by atoms with Crippen molar-refractivity contribution >= 4 is 18.2 Å². The first-order valence-corrected chi connectivity index (χ1v) is 6.55. The molecule has 2 aliphatic heterocycles. The summed E-state index contributed by atoms with van der Waals surface area (Å²) in [7, 11) is 2.25. The zero-order chi connectivity index (χ0) is 11.1. The van der Waals surface area contributed by atoms with Crippen LogP contribution in [0.4, 0.5) is 0 Å². The van der Waals surface area contributed by atoms with E-state index in [0.717, 1.165) is 6.17 Å². The number of thioether (sulfide) groups is 1. The molecule has 6 heteroatoms. The Bertz CT molecular complexity index is 189. The van der Waals surface area contributed by atoms with E-state index in [4.69, 9.17) is 9.90 Å². The van der Waals surface area contributed by atoms with Crippen LogP contribution in [0.15, 0.2) is 0 Å². The van der Waals surface area contributed by atoms with E-state index in [9.17, 15) is 0 Å². The average molecular weight is 249 g/mol. The summed E-state index contributed by atoms with van der Waals surface area (Å²) >= 11 is 2.07. The van der Waals surface area contributed by atoms with Gasteiger partial charge in [0.2, 0.25) is 0 Å². The van der Waals surface area contributed by atoms with E-state index in [1.54, 1.807) is 0 Å². The van der Waals surface area contributed by atoms with Crippen LogP contribution in [0.25, 0.3) is 0 Å². The summed E-state index contributed by atoms with van der Waals surface area (Å²) in [5.41, 5.74) is 0. The number of hydrogen-bond acceptors (Lipinski definition) is 5. The molecule has 0 aliphatic carbocycles. The van der Waals surface area contributed by atoms with Crippen molar-refractivity contribution in [2.45, 2.75) is 25.4 Å². The maximum Gasteiger partial charge on any atom is 0.290 e. The Morgan fingerprint density at radius 1 is 1.31 bits per heavy atom. The Kier molecular flexibility index (Phi) is 8.64. The largest absolute Gasteiger partial charge is 0.483 e. The highest BCUT2D eigenvalue weighted by Gasteiger charge is 2.27. The predicted molar refractivity (Wildman–Crippen MR) is 68.0 cm³/mol. The van der Waals surface area contributed by atoms with Crippen LogP contribution in [0.2, 0.25) is 0 Å².